The fraction of sp³-hybridized carbons (Fsp3) is 0.471. The van der Waals surface area contributed by atoms with Gasteiger partial charge in [0.25, 0.3) is 5.91 Å². The van der Waals surface area contributed by atoms with Gasteiger partial charge in [0, 0.05) is 18.7 Å². The quantitative estimate of drug-likeness (QED) is 0.592. The molecule has 0 aliphatic heterocycles. The van der Waals surface area contributed by atoms with Gasteiger partial charge < -0.3 is 15.5 Å². The van der Waals surface area contributed by atoms with Crippen LogP contribution in [0, 0.1) is 0 Å². The van der Waals surface area contributed by atoms with E-state index in [1.807, 2.05) is 13.8 Å². The molecule has 1 rings (SSSR count). The first-order chi connectivity index (χ1) is 11.6. The predicted octanol–water partition coefficient (Wildman–Crippen LogP) is 3.08. The van der Waals surface area contributed by atoms with E-state index in [0.29, 0.717) is 18.2 Å². The number of benzene rings is 1. The molecule has 0 saturated carbocycles. The number of hydrogen-bond donors (Lipinski definition) is 2. The number of carbonyl (C=O) groups is 3. The third-order valence-electron chi connectivity index (χ3n) is 3.17. The zero-order valence-corrected chi connectivity index (χ0v) is 14.2. The molecule has 0 aliphatic rings. The van der Waals surface area contributed by atoms with Crippen molar-refractivity contribution in [1.82, 2.24) is 15.7 Å². The Bertz CT molecular complexity index is 534. The molecule has 4 amide bonds. The van der Waals surface area contributed by atoms with Gasteiger partial charge in [-0.25, -0.2) is 9.59 Å². The first-order valence-corrected chi connectivity index (χ1v) is 8.23. The highest BCUT2D eigenvalue weighted by Gasteiger charge is 2.27. The number of urea groups is 1. The van der Waals surface area contributed by atoms with Crippen molar-refractivity contribution >= 4 is 18.0 Å². The molecular weight excluding hydrogens is 310 g/mol. The summed E-state index contributed by atoms with van der Waals surface area (Å²) < 4.78 is 0. The Kier molecular flexibility index (Phi) is 8.96. The summed E-state index contributed by atoms with van der Waals surface area (Å²) in [5.74, 6) is -0.699. The summed E-state index contributed by atoms with van der Waals surface area (Å²) in [6.45, 7) is 4.78. The fourth-order valence-corrected chi connectivity index (χ4v) is 1.80. The van der Waals surface area contributed by atoms with Gasteiger partial charge in [-0.15, -0.1) is 0 Å². The van der Waals surface area contributed by atoms with Crippen LogP contribution in [-0.4, -0.2) is 36.2 Å². The lowest BCUT2D eigenvalue weighted by atomic mass is 10.2. The Hall–Kier alpha value is -2.57. The third-order valence-corrected chi connectivity index (χ3v) is 3.17. The standard InChI is InChI=1S/C17H25N3O4/c1-3-5-12-18-16(22)20(24-17(23)19-13-6-4-2)15(21)14-10-8-7-9-11-14/h7-11H,3-6,12-13H2,1-2H3,(H,18,22)(H,19,23). The van der Waals surface area contributed by atoms with E-state index < -0.39 is 18.0 Å². The number of imide groups is 1. The predicted molar refractivity (Wildman–Crippen MR) is 90.3 cm³/mol. The van der Waals surface area contributed by atoms with Gasteiger partial charge in [0.1, 0.15) is 0 Å². The molecule has 1 aromatic rings. The van der Waals surface area contributed by atoms with Gasteiger partial charge in [-0.05, 0) is 25.0 Å². The van der Waals surface area contributed by atoms with Crippen molar-refractivity contribution in [2.75, 3.05) is 13.1 Å². The summed E-state index contributed by atoms with van der Waals surface area (Å²) in [6.07, 6.45) is 2.51. The van der Waals surface area contributed by atoms with Gasteiger partial charge >= 0.3 is 12.1 Å². The van der Waals surface area contributed by atoms with E-state index in [-0.39, 0.29) is 5.56 Å². The lowest BCUT2D eigenvalue weighted by molar-refractivity contribution is -0.0376. The number of nitrogens with zero attached hydrogens (tertiary/aromatic N) is 1. The second-order valence-corrected chi connectivity index (χ2v) is 5.21. The fourth-order valence-electron chi connectivity index (χ4n) is 1.80. The van der Waals surface area contributed by atoms with E-state index in [1.54, 1.807) is 30.3 Å². The van der Waals surface area contributed by atoms with Crippen molar-refractivity contribution in [3.8, 4) is 0 Å². The van der Waals surface area contributed by atoms with E-state index in [4.69, 9.17) is 4.84 Å². The molecule has 0 atom stereocenters. The summed E-state index contributed by atoms with van der Waals surface area (Å²) in [4.78, 5) is 41.4. The normalized spacial score (nSPS) is 9.92. The number of unbranched alkanes of at least 4 members (excludes halogenated alkanes) is 2. The van der Waals surface area contributed by atoms with Crippen LogP contribution >= 0.6 is 0 Å². The van der Waals surface area contributed by atoms with Gasteiger partial charge in [-0.1, -0.05) is 50.0 Å². The number of rotatable bonds is 7. The SMILES string of the molecule is CCCCNC(=O)ON(C(=O)NCCCC)C(=O)c1ccccc1. The van der Waals surface area contributed by atoms with Crippen molar-refractivity contribution < 1.29 is 19.2 Å². The Labute approximate surface area is 142 Å². The van der Waals surface area contributed by atoms with Gasteiger partial charge in [0.2, 0.25) is 0 Å². The smallest absolute Gasteiger partial charge is 0.335 e. The third kappa shape index (κ3) is 6.68. The number of amides is 4. The Balaban J connectivity index is 2.76. The summed E-state index contributed by atoms with van der Waals surface area (Å²) in [5.41, 5.74) is 0.254. The highest BCUT2D eigenvalue weighted by Crippen LogP contribution is 2.06. The number of carbonyl (C=O) groups excluding carboxylic acids is 3. The summed E-state index contributed by atoms with van der Waals surface area (Å²) in [6, 6.07) is 7.42. The molecule has 0 saturated heterocycles. The van der Waals surface area contributed by atoms with Gasteiger partial charge in [-0.3, -0.25) is 4.79 Å². The molecule has 0 spiro atoms. The van der Waals surface area contributed by atoms with Crippen LogP contribution in [0.5, 0.6) is 0 Å². The minimum Gasteiger partial charge on any atom is -0.335 e. The molecular formula is C17H25N3O4. The highest BCUT2D eigenvalue weighted by molar-refractivity contribution is 6.03. The zero-order chi connectivity index (χ0) is 17.8. The maximum absolute atomic E-state index is 12.4. The van der Waals surface area contributed by atoms with Crippen molar-refractivity contribution in [2.24, 2.45) is 0 Å². The maximum atomic E-state index is 12.4. The second kappa shape index (κ2) is 11.0. The monoisotopic (exact) mass is 335 g/mol. The maximum Gasteiger partial charge on any atom is 0.432 e. The van der Waals surface area contributed by atoms with Crippen LogP contribution in [0.1, 0.15) is 49.9 Å². The molecule has 7 nitrogen and oxygen atoms in total. The van der Waals surface area contributed by atoms with E-state index in [1.165, 1.54) is 0 Å². The summed E-state index contributed by atoms with van der Waals surface area (Å²) in [7, 11) is 0. The number of nitrogens with one attached hydrogen (secondary N) is 2. The molecule has 0 radical (unpaired) electrons. The molecule has 24 heavy (non-hydrogen) atoms. The van der Waals surface area contributed by atoms with Crippen molar-refractivity contribution in [2.45, 2.75) is 39.5 Å². The van der Waals surface area contributed by atoms with Crippen molar-refractivity contribution in [3.05, 3.63) is 35.9 Å². The average Bonchev–Trinajstić information content (AvgIpc) is 2.60. The topological polar surface area (TPSA) is 87.7 Å². The van der Waals surface area contributed by atoms with E-state index in [0.717, 1.165) is 25.7 Å². The molecule has 0 bridgehead atoms. The van der Waals surface area contributed by atoms with Crippen LogP contribution in [0.3, 0.4) is 0 Å². The lowest BCUT2D eigenvalue weighted by Gasteiger charge is -2.20. The number of hydroxylamine groups is 2. The first kappa shape index (κ1) is 19.5. The Morgan fingerprint density at radius 2 is 1.54 bits per heavy atom. The second-order valence-electron chi connectivity index (χ2n) is 5.21. The van der Waals surface area contributed by atoms with Crippen molar-refractivity contribution in [3.63, 3.8) is 0 Å². The highest BCUT2D eigenvalue weighted by atomic mass is 16.7. The van der Waals surface area contributed by atoms with Crippen molar-refractivity contribution in [1.29, 1.82) is 0 Å². The molecule has 0 fully saturated rings. The molecule has 2 N–H and O–H groups in total. The van der Waals surface area contributed by atoms with Gasteiger partial charge in [0.15, 0.2) is 0 Å². The lowest BCUT2D eigenvalue weighted by Crippen LogP contribution is -2.47. The summed E-state index contributed by atoms with van der Waals surface area (Å²) in [5, 5.41) is 5.54. The van der Waals surface area contributed by atoms with Crippen LogP contribution in [0.25, 0.3) is 0 Å². The van der Waals surface area contributed by atoms with Crippen LogP contribution in [-0.2, 0) is 4.84 Å². The van der Waals surface area contributed by atoms with E-state index in [9.17, 15) is 14.4 Å². The van der Waals surface area contributed by atoms with Gasteiger partial charge in [0.05, 0.1) is 0 Å². The van der Waals surface area contributed by atoms with Crippen LogP contribution < -0.4 is 10.6 Å². The largest absolute Gasteiger partial charge is 0.432 e. The molecule has 0 aliphatic carbocycles. The summed E-state index contributed by atoms with van der Waals surface area (Å²) >= 11 is 0. The zero-order valence-electron chi connectivity index (χ0n) is 14.2. The minimum atomic E-state index is -0.835. The average molecular weight is 335 g/mol. The molecule has 7 heteroatoms. The minimum absolute atomic E-state index is 0.254. The molecule has 132 valence electrons. The van der Waals surface area contributed by atoms with Crippen LogP contribution in [0.4, 0.5) is 9.59 Å². The number of hydrogen-bond acceptors (Lipinski definition) is 4. The van der Waals surface area contributed by atoms with Gasteiger partial charge in [-0.2, -0.15) is 0 Å². The molecule has 1 aromatic carbocycles. The molecule has 0 heterocycles. The molecule has 0 aromatic heterocycles. The van der Waals surface area contributed by atoms with E-state index in [2.05, 4.69) is 10.6 Å². The molecule has 0 unspecified atom stereocenters. The Morgan fingerprint density at radius 1 is 0.958 bits per heavy atom. The van der Waals surface area contributed by atoms with Crippen LogP contribution in [0.15, 0.2) is 30.3 Å². The van der Waals surface area contributed by atoms with E-state index >= 15 is 0 Å². The first-order valence-electron chi connectivity index (χ1n) is 8.23. The van der Waals surface area contributed by atoms with Crippen LogP contribution in [0.2, 0.25) is 0 Å². The Morgan fingerprint density at radius 3 is 2.12 bits per heavy atom.